The van der Waals surface area contributed by atoms with Gasteiger partial charge >= 0.3 is 0 Å². The Morgan fingerprint density at radius 1 is 1.40 bits per heavy atom. The summed E-state index contributed by atoms with van der Waals surface area (Å²) in [5, 5.41) is 11.5. The number of hydrogen-bond donors (Lipinski definition) is 1. The molecule has 0 aromatic carbocycles. The van der Waals surface area contributed by atoms with Crippen molar-refractivity contribution in [3.05, 3.63) is 23.8 Å². The molecule has 0 fully saturated rings. The number of carbonyl (C=O) groups excluding carboxylic acids is 1. The molecule has 1 aromatic heterocycles. The molecule has 15 heavy (non-hydrogen) atoms. The number of hydrogen-bond acceptors (Lipinski definition) is 4. The van der Waals surface area contributed by atoms with Gasteiger partial charge < -0.3 is 5.32 Å². The maximum atomic E-state index is 11.7. The van der Waals surface area contributed by atoms with Crippen LogP contribution < -0.4 is 5.32 Å². The molecule has 0 saturated heterocycles. The molecule has 0 saturated carbocycles. The summed E-state index contributed by atoms with van der Waals surface area (Å²) < 4.78 is 0. The van der Waals surface area contributed by atoms with E-state index in [1.54, 1.807) is 0 Å². The van der Waals surface area contributed by atoms with Crippen molar-refractivity contribution in [1.29, 1.82) is 5.26 Å². The van der Waals surface area contributed by atoms with Crippen molar-refractivity contribution < 1.29 is 4.79 Å². The zero-order valence-corrected chi connectivity index (χ0v) is 8.90. The molecule has 5 heteroatoms. The largest absolute Gasteiger partial charge is 0.346 e. The predicted octanol–water partition coefficient (Wildman–Crippen LogP) is 0.877. The molecule has 78 valence electrons. The number of amides is 1. The van der Waals surface area contributed by atoms with E-state index in [-0.39, 0.29) is 22.8 Å². The van der Waals surface area contributed by atoms with Crippen molar-refractivity contribution in [1.82, 2.24) is 15.3 Å². The van der Waals surface area contributed by atoms with Crippen LogP contribution in [0.3, 0.4) is 0 Å². The maximum Gasteiger partial charge on any atom is 0.273 e. The highest BCUT2D eigenvalue weighted by Crippen LogP contribution is 2.04. The van der Waals surface area contributed by atoms with Crippen LogP contribution in [0.5, 0.6) is 0 Å². The minimum Gasteiger partial charge on any atom is -0.346 e. The number of nitrogens with one attached hydrogen (secondary N) is 1. The fourth-order valence-corrected chi connectivity index (χ4v) is 0.986. The lowest BCUT2D eigenvalue weighted by atomic mass is 10.1. The van der Waals surface area contributed by atoms with E-state index in [1.165, 1.54) is 12.4 Å². The van der Waals surface area contributed by atoms with Crippen LogP contribution in [-0.2, 0) is 0 Å². The van der Waals surface area contributed by atoms with Gasteiger partial charge in [0.15, 0.2) is 11.4 Å². The summed E-state index contributed by atoms with van der Waals surface area (Å²) in [6.45, 7) is 5.56. The number of nitrogens with zero attached hydrogens (tertiary/aromatic N) is 3. The average molecular weight is 204 g/mol. The van der Waals surface area contributed by atoms with E-state index >= 15 is 0 Å². The minimum atomic E-state index is -0.382. The van der Waals surface area contributed by atoms with Crippen LogP contribution in [0.15, 0.2) is 12.4 Å². The predicted molar refractivity (Wildman–Crippen MR) is 54.0 cm³/mol. The van der Waals surface area contributed by atoms with Crippen molar-refractivity contribution in [3.8, 4) is 6.07 Å². The molecule has 0 aliphatic heterocycles. The Morgan fingerprint density at radius 2 is 2.00 bits per heavy atom. The lowest BCUT2D eigenvalue weighted by Crippen LogP contribution is -2.41. The Morgan fingerprint density at radius 3 is 2.53 bits per heavy atom. The smallest absolute Gasteiger partial charge is 0.273 e. The fourth-order valence-electron chi connectivity index (χ4n) is 0.986. The Hall–Kier alpha value is -1.96. The molecule has 1 amide bonds. The molecule has 5 nitrogen and oxygen atoms in total. The maximum absolute atomic E-state index is 11.7. The number of rotatable bonds is 1. The molecular weight excluding hydrogens is 192 g/mol. The lowest BCUT2D eigenvalue weighted by molar-refractivity contribution is 0.0913. The first-order valence-electron chi connectivity index (χ1n) is 4.47. The second-order valence-corrected chi connectivity index (χ2v) is 4.07. The van der Waals surface area contributed by atoms with Crippen LogP contribution in [0.25, 0.3) is 0 Å². The third kappa shape index (κ3) is 3.02. The van der Waals surface area contributed by atoms with Crippen molar-refractivity contribution >= 4 is 5.91 Å². The van der Waals surface area contributed by atoms with E-state index in [4.69, 9.17) is 5.26 Å². The molecule has 1 heterocycles. The molecule has 0 radical (unpaired) electrons. The van der Waals surface area contributed by atoms with Gasteiger partial charge in [0.1, 0.15) is 6.07 Å². The van der Waals surface area contributed by atoms with Crippen molar-refractivity contribution in [2.75, 3.05) is 0 Å². The molecule has 0 bridgehead atoms. The zero-order chi connectivity index (χ0) is 11.5. The molecule has 0 spiro atoms. The summed E-state index contributed by atoms with van der Waals surface area (Å²) in [4.78, 5) is 19.3. The normalized spacial score (nSPS) is 10.5. The quantitative estimate of drug-likeness (QED) is 0.736. The van der Waals surface area contributed by atoms with Gasteiger partial charge in [0.2, 0.25) is 0 Å². The molecule has 1 N–H and O–H groups in total. The average Bonchev–Trinajstić information content (AvgIpc) is 2.15. The third-order valence-electron chi connectivity index (χ3n) is 1.51. The van der Waals surface area contributed by atoms with Crippen LogP contribution in [0.2, 0.25) is 0 Å². The minimum absolute atomic E-state index is 0.0410. The van der Waals surface area contributed by atoms with Crippen molar-refractivity contribution in [3.63, 3.8) is 0 Å². The highest BCUT2D eigenvalue weighted by molar-refractivity contribution is 5.94. The first kappa shape index (κ1) is 11.1. The summed E-state index contributed by atoms with van der Waals surface area (Å²) >= 11 is 0. The Bertz CT molecular complexity index is 414. The van der Waals surface area contributed by atoms with Gasteiger partial charge in [0.05, 0.1) is 0 Å². The Balaban J connectivity index is 2.98. The topological polar surface area (TPSA) is 78.7 Å². The van der Waals surface area contributed by atoms with Gasteiger partial charge in [-0.2, -0.15) is 5.26 Å². The van der Waals surface area contributed by atoms with Gasteiger partial charge in [-0.25, -0.2) is 9.97 Å². The summed E-state index contributed by atoms with van der Waals surface area (Å²) in [5.74, 6) is -0.382. The first-order chi connectivity index (χ1) is 6.94. The number of carbonyl (C=O) groups is 1. The van der Waals surface area contributed by atoms with E-state index in [0.717, 1.165) is 0 Å². The standard InChI is InChI=1S/C10H12N4O/c1-10(2,3)14-9(15)8-7(6-11)12-4-5-13-8/h4-5H,1-3H3,(H,14,15). The second kappa shape index (κ2) is 4.05. The van der Waals surface area contributed by atoms with Crippen molar-refractivity contribution in [2.24, 2.45) is 0 Å². The summed E-state index contributed by atoms with van der Waals surface area (Å²) in [6.07, 6.45) is 2.77. The molecule has 0 aliphatic rings. The zero-order valence-electron chi connectivity index (χ0n) is 8.90. The molecule has 0 aliphatic carbocycles. The van der Waals surface area contributed by atoms with Gasteiger partial charge in [0.25, 0.3) is 5.91 Å². The van der Waals surface area contributed by atoms with Gasteiger partial charge in [-0.3, -0.25) is 4.79 Å². The Labute approximate surface area is 88.2 Å². The van der Waals surface area contributed by atoms with Crippen LogP contribution in [0.4, 0.5) is 0 Å². The fraction of sp³-hybridized carbons (Fsp3) is 0.400. The molecule has 1 aromatic rings. The van der Waals surface area contributed by atoms with E-state index in [1.807, 2.05) is 26.8 Å². The number of nitriles is 1. The molecular formula is C10H12N4O. The van der Waals surface area contributed by atoms with E-state index in [0.29, 0.717) is 0 Å². The van der Waals surface area contributed by atoms with E-state index in [9.17, 15) is 4.79 Å². The van der Waals surface area contributed by atoms with Crippen molar-refractivity contribution in [2.45, 2.75) is 26.3 Å². The van der Waals surface area contributed by atoms with Gasteiger partial charge in [0, 0.05) is 17.9 Å². The van der Waals surface area contributed by atoms with Gasteiger partial charge in [-0.15, -0.1) is 0 Å². The van der Waals surface area contributed by atoms with Gasteiger partial charge in [-0.1, -0.05) is 0 Å². The molecule has 0 atom stereocenters. The van der Waals surface area contributed by atoms with Crippen LogP contribution in [-0.4, -0.2) is 21.4 Å². The van der Waals surface area contributed by atoms with E-state index < -0.39 is 0 Å². The summed E-state index contributed by atoms with van der Waals surface area (Å²) in [6, 6.07) is 1.83. The Kier molecular flexibility index (Phi) is 3.00. The summed E-state index contributed by atoms with van der Waals surface area (Å²) in [5.41, 5.74) is -0.254. The SMILES string of the molecule is CC(C)(C)NC(=O)c1nccnc1C#N. The first-order valence-corrected chi connectivity index (χ1v) is 4.47. The lowest BCUT2D eigenvalue weighted by Gasteiger charge is -2.20. The number of aromatic nitrogens is 2. The van der Waals surface area contributed by atoms with Gasteiger partial charge in [-0.05, 0) is 20.8 Å². The second-order valence-electron chi connectivity index (χ2n) is 4.07. The van der Waals surface area contributed by atoms with Crippen LogP contribution in [0.1, 0.15) is 37.0 Å². The highest BCUT2D eigenvalue weighted by atomic mass is 16.2. The third-order valence-corrected chi connectivity index (χ3v) is 1.51. The van der Waals surface area contributed by atoms with Crippen LogP contribution in [0, 0.1) is 11.3 Å². The monoisotopic (exact) mass is 204 g/mol. The summed E-state index contributed by atoms with van der Waals surface area (Å²) in [7, 11) is 0. The van der Waals surface area contributed by atoms with Crippen LogP contribution >= 0.6 is 0 Å². The molecule has 0 unspecified atom stereocenters. The van der Waals surface area contributed by atoms with E-state index in [2.05, 4.69) is 15.3 Å². The highest BCUT2D eigenvalue weighted by Gasteiger charge is 2.19. The molecule has 1 rings (SSSR count).